The summed E-state index contributed by atoms with van der Waals surface area (Å²) in [5.41, 5.74) is 1.64. The summed E-state index contributed by atoms with van der Waals surface area (Å²) in [5, 5.41) is 0.441. The van der Waals surface area contributed by atoms with Crippen LogP contribution in [0.1, 0.15) is 12.6 Å². The molecule has 0 atom stereocenters. The number of rotatable bonds is 4. The van der Waals surface area contributed by atoms with E-state index < -0.39 is 0 Å². The highest BCUT2D eigenvalue weighted by atomic mass is 127. The summed E-state index contributed by atoms with van der Waals surface area (Å²) in [6.45, 7) is 3.26. The largest absolute Gasteiger partial charge is 0.378 e. The maximum Gasteiger partial charge on any atom is 0.179 e. The van der Waals surface area contributed by atoms with Gasteiger partial charge in [0, 0.05) is 13.7 Å². The molecule has 0 saturated heterocycles. The predicted octanol–water partition coefficient (Wildman–Crippen LogP) is 2.76. The van der Waals surface area contributed by atoms with Crippen molar-refractivity contribution < 1.29 is 4.74 Å². The third-order valence-electron chi connectivity index (χ3n) is 2.44. The summed E-state index contributed by atoms with van der Waals surface area (Å²) in [4.78, 5) is 12.9. The molecule has 18 heavy (non-hydrogen) atoms. The Morgan fingerprint density at radius 2 is 2.22 bits per heavy atom. The molecule has 0 amide bonds. The molecule has 5 nitrogen and oxygen atoms in total. The first-order valence-electron chi connectivity index (χ1n) is 5.38. The fourth-order valence-corrected chi connectivity index (χ4v) is 2.15. The maximum absolute atomic E-state index is 6.12. The molecule has 0 spiro atoms. The topological polar surface area (TPSA) is 52.8 Å². The summed E-state index contributed by atoms with van der Waals surface area (Å²) < 4.78 is 7.91. The van der Waals surface area contributed by atoms with Crippen LogP contribution in [-0.2, 0) is 17.9 Å². The highest BCUT2D eigenvalue weighted by Crippen LogP contribution is 2.24. The molecular formula is C11H12ClIN4O. The highest BCUT2D eigenvalue weighted by molar-refractivity contribution is 14.1. The van der Waals surface area contributed by atoms with Gasteiger partial charge in [0.15, 0.2) is 5.82 Å². The second-order valence-electron chi connectivity index (χ2n) is 3.60. The van der Waals surface area contributed by atoms with Gasteiger partial charge in [-0.2, -0.15) is 0 Å². The molecular weight excluding hydrogens is 367 g/mol. The molecule has 0 saturated carbocycles. The number of hydrogen-bond donors (Lipinski definition) is 0. The van der Waals surface area contributed by atoms with Crippen molar-refractivity contribution in [1.29, 1.82) is 0 Å². The van der Waals surface area contributed by atoms with Crippen LogP contribution < -0.4 is 0 Å². The van der Waals surface area contributed by atoms with Crippen molar-refractivity contribution in [2.75, 3.05) is 7.11 Å². The molecule has 0 fully saturated rings. The van der Waals surface area contributed by atoms with Crippen LogP contribution in [0.3, 0.4) is 0 Å². The Labute approximate surface area is 124 Å². The molecule has 0 aliphatic carbocycles. The van der Waals surface area contributed by atoms with E-state index in [2.05, 4.69) is 37.5 Å². The Balaban J connectivity index is 2.52. The minimum atomic E-state index is 0.410. The van der Waals surface area contributed by atoms with Crippen LogP contribution in [0.2, 0.25) is 5.15 Å². The fourth-order valence-electron chi connectivity index (χ4n) is 1.57. The van der Waals surface area contributed by atoms with Gasteiger partial charge in [0.25, 0.3) is 0 Å². The Bertz CT molecular complexity index is 558. The SMILES string of the molecule is CCn1cncc1-c1nc(Cl)c(I)c(COC)n1. The van der Waals surface area contributed by atoms with Crippen LogP contribution in [0.25, 0.3) is 11.5 Å². The molecule has 2 aromatic rings. The summed E-state index contributed by atoms with van der Waals surface area (Å²) in [5.74, 6) is 0.576. The highest BCUT2D eigenvalue weighted by Gasteiger charge is 2.14. The lowest BCUT2D eigenvalue weighted by Crippen LogP contribution is -2.04. The van der Waals surface area contributed by atoms with Crippen molar-refractivity contribution in [2.45, 2.75) is 20.1 Å². The predicted molar refractivity (Wildman–Crippen MR) is 77.4 cm³/mol. The Morgan fingerprint density at radius 1 is 1.44 bits per heavy atom. The van der Waals surface area contributed by atoms with Gasteiger partial charge in [-0.15, -0.1) is 0 Å². The first kappa shape index (κ1) is 13.7. The van der Waals surface area contributed by atoms with Crippen molar-refractivity contribution >= 4 is 34.2 Å². The van der Waals surface area contributed by atoms with Crippen LogP contribution >= 0.6 is 34.2 Å². The third-order valence-corrected chi connectivity index (χ3v) is 4.17. The summed E-state index contributed by atoms with van der Waals surface area (Å²) >= 11 is 8.24. The average Bonchev–Trinajstić information content (AvgIpc) is 2.83. The second-order valence-corrected chi connectivity index (χ2v) is 5.03. The van der Waals surface area contributed by atoms with Crippen molar-refractivity contribution in [3.8, 4) is 11.5 Å². The van der Waals surface area contributed by atoms with Gasteiger partial charge in [-0.3, -0.25) is 0 Å². The normalized spacial score (nSPS) is 10.9. The molecule has 96 valence electrons. The molecule has 0 bridgehead atoms. The summed E-state index contributed by atoms with van der Waals surface area (Å²) in [6.07, 6.45) is 3.49. The molecule has 2 heterocycles. The smallest absolute Gasteiger partial charge is 0.179 e. The van der Waals surface area contributed by atoms with E-state index >= 15 is 0 Å². The van der Waals surface area contributed by atoms with Gasteiger partial charge in [-0.1, -0.05) is 11.6 Å². The molecule has 0 aromatic carbocycles. The molecule has 0 aliphatic rings. The zero-order chi connectivity index (χ0) is 13.1. The Morgan fingerprint density at radius 3 is 2.89 bits per heavy atom. The van der Waals surface area contributed by atoms with E-state index in [1.54, 1.807) is 19.6 Å². The van der Waals surface area contributed by atoms with Crippen molar-refractivity contribution in [3.63, 3.8) is 0 Å². The van der Waals surface area contributed by atoms with Gasteiger partial charge < -0.3 is 9.30 Å². The molecule has 7 heteroatoms. The summed E-state index contributed by atoms with van der Waals surface area (Å²) in [6, 6.07) is 0. The van der Waals surface area contributed by atoms with E-state index in [1.807, 2.05) is 11.5 Å². The quantitative estimate of drug-likeness (QED) is 0.606. The zero-order valence-electron chi connectivity index (χ0n) is 10.0. The van der Waals surface area contributed by atoms with Crippen molar-refractivity contribution in [3.05, 3.63) is 26.9 Å². The van der Waals surface area contributed by atoms with E-state index in [0.717, 1.165) is 21.5 Å². The van der Waals surface area contributed by atoms with Crippen LogP contribution in [0, 0.1) is 3.57 Å². The van der Waals surface area contributed by atoms with Gasteiger partial charge in [-0.25, -0.2) is 15.0 Å². The lowest BCUT2D eigenvalue weighted by Gasteiger charge is -2.08. The molecule has 0 aliphatic heterocycles. The van der Waals surface area contributed by atoms with Gasteiger partial charge in [-0.05, 0) is 29.5 Å². The molecule has 2 aromatic heterocycles. The Hall–Kier alpha value is -0.730. The van der Waals surface area contributed by atoms with E-state index in [0.29, 0.717) is 17.6 Å². The molecule has 0 N–H and O–H groups in total. The average molecular weight is 379 g/mol. The molecule has 0 unspecified atom stereocenters. The standard InChI is InChI=1S/C11H12ClIN4O/c1-3-17-6-14-4-8(17)11-15-7(5-18-2)9(13)10(12)16-11/h4,6H,3,5H2,1-2H3. The minimum absolute atomic E-state index is 0.410. The number of methoxy groups -OCH3 is 1. The lowest BCUT2D eigenvalue weighted by molar-refractivity contribution is 0.181. The number of halogens is 2. The van der Waals surface area contributed by atoms with E-state index in [-0.39, 0.29) is 0 Å². The van der Waals surface area contributed by atoms with E-state index in [9.17, 15) is 0 Å². The van der Waals surface area contributed by atoms with Crippen LogP contribution in [0.15, 0.2) is 12.5 Å². The second kappa shape index (κ2) is 5.94. The first-order valence-corrected chi connectivity index (χ1v) is 6.84. The Kier molecular flexibility index (Phi) is 4.52. The number of aryl methyl sites for hydroxylation is 1. The monoisotopic (exact) mass is 378 g/mol. The zero-order valence-corrected chi connectivity index (χ0v) is 12.9. The summed E-state index contributed by atoms with van der Waals surface area (Å²) in [7, 11) is 1.63. The number of imidazole rings is 1. The van der Waals surface area contributed by atoms with Gasteiger partial charge in [0.05, 0.1) is 28.4 Å². The van der Waals surface area contributed by atoms with Crippen LogP contribution in [0.5, 0.6) is 0 Å². The van der Waals surface area contributed by atoms with Crippen LogP contribution in [-0.4, -0.2) is 26.6 Å². The number of ether oxygens (including phenoxy) is 1. The minimum Gasteiger partial charge on any atom is -0.378 e. The first-order chi connectivity index (χ1) is 8.67. The van der Waals surface area contributed by atoms with E-state index in [1.165, 1.54) is 0 Å². The number of nitrogens with zero attached hydrogens (tertiary/aromatic N) is 4. The third kappa shape index (κ3) is 2.65. The number of aromatic nitrogens is 4. The molecule has 0 radical (unpaired) electrons. The van der Waals surface area contributed by atoms with Crippen LogP contribution in [0.4, 0.5) is 0 Å². The van der Waals surface area contributed by atoms with Gasteiger partial charge >= 0.3 is 0 Å². The van der Waals surface area contributed by atoms with Gasteiger partial charge in [0.1, 0.15) is 10.8 Å². The van der Waals surface area contributed by atoms with Crippen molar-refractivity contribution in [1.82, 2.24) is 19.5 Å². The maximum atomic E-state index is 6.12. The lowest BCUT2D eigenvalue weighted by atomic mass is 10.3. The van der Waals surface area contributed by atoms with Gasteiger partial charge in [0.2, 0.25) is 0 Å². The fraction of sp³-hybridized carbons (Fsp3) is 0.364. The number of hydrogen-bond acceptors (Lipinski definition) is 4. The molecule has 2 rings (SSSR count). The van der Waals surface area contributed by atoms with E-state index in [4.69, 9.17) is 16.3 Å². The van der Waals surface area contributed by atoms with Crippen molar-refractivity contribution in [2.24, 2.45) is 0 Å².